The van der Waals surface area contributed by atoms with Crippen molar-refractivity contribution in [3.8, 4) is 11.4 Å². The molecule has 0 bridgehead atoms. The molecule has 1 saturated heterocycles. The number of nitrogens with zero attached hydrogens (tertiary/aromatic N) is 3. The van der Waals surface area contributed by atoms with E-state index in [0.29, 0.717) is 19.4 Å². The summed E-state index contributed by atoms with van der Waals surface area (Å²) in [6, 6.07) is 8.25. The van der Waals surface area contributed by atoms with Crippen molar-refractivity contribution in [3.05, 3.63) is 71.4 Å². The Hall–Kier alpha value is -3.16. The van der Waals surface area contributed by atoms with Crippen LogP contribution in [0, 0.1) is 17.5 Å². The van der Waals surface area contributed by atoms with E-state index in [9.17, 15) is 18.0 Å². The minimum Gasteiger partial charge on any atom is -0.337 e. The quantitative estimate of drug-likeness (QED) is 0.693. The Labute approximate surface area is 152 Å². The molecule has 0 N–H and O–H groups in total. The summed E-state index contributed by atoms with van der Waals surface area (Å²) >= 11 is 0. The first kappa shape index (κ1) is 17.3. The van der Waals surface area contributed by atoms with E-state index in [-0.39, 0.29) is 22.8 Å². The molecule has 0 spiro atoms. The molecule has 0 radical (unpaired) electrons. The standard InChI is InChI=1S/C19H14F3N3O2/c20-11-7-8-12(15(22)10-11)17-23-18(27-24-17)16-6-3-9-25(16)19(26)13-4-1-2-5-14(13)21/h1-2,4-5,7-8,10,16H,3,6,9H2. The van der Waals surface area contributed by atoms with Gasteiger partial charge in [-0.2, -0.15) is 4.98 Å². The molecule has 3 aromatic rings. The summed E-state index contributed by atoms with van der Waals surface area (Å²) in [4.78, 5) is 18.4. The minimum absolute atomic E-state index is 0.00335. The van der Waals surface area contributed by atoms with Gasteiger partial charge >= 0.3 is 0 Å². The zero-order valence-electron chi connectivity index (χ0n) is 14.0. The van der Waals surface area contributed by atoms with Gasteiger partial charge in [-0.25, -0.2) is 13.2 Å². The molecule has 5 nitrogen and oxygen atoms in total. The molecule has 27 heavy (non-hydrogen) atoms. The van der Waals surface area contributed by atoms with Crippen LogP contribution >= 0.6 is 0 Å². The molecule has 1 aliphatic heterocycles. The molecule has 1 fully saturated rings. The molecule has 1 unspecified atom stereocenters. The van der Waals surface area contributed by atoms with Crippen LogP contribution in [0.3, 0.4) is 0 Å². The van der Waals surface area contributed by atoms with Crippen LogP contribution in [0.25, 0.3) is 11.4 Å². The van der Waals surface area contributed by atoms with Gasteiger partial charge < -0.3 is 9.42 Å². The Morgan fingerprint density at radius 1 is 1.11 bits per heavy atom. The summed E-state index contributed by atoms with van der Waals surface area (Å²) < 4.78 is 46.2. The van der Waals surface area contributed by atoms with Crippen LogP contribution in [-0.2, 0) is 0 Å². The number of carbonyl (C=O) groups excluding carboxylic acids is 1. The molecule has 1 aromatic heterocycles. The number of carbonyl (C=O) groups is 1. The Morgan fingerprint density at radius 2 is 1.93 bits per heavy atom. The molecule has 4 rings (SSSR count). The van der Waals surface area contributed by atoms with E-state index >= 15 is 0 Å². The maximum Gasteiger partial charge on any atom is 0.257 e. The van der Waals surface area contributed by atoms with Crippen LogP contribution in [-0.4, -0.2) is 27.5 Å². The zero-order chi connectivity index (χ0) is 19.0. The average molecular weight is 373 g/mol. The second-order valence-corrected chi connectivity index (χ2v) is 6.22. The summed E-state index contributed by atoms with van der Waals surface area (Å²) in [6.07, 6.45) is 1.25. The fourth-order valence-electron chi connectivity index (χ4n) is 3.21. The molecular formula is C19H14F3N3O2. The monoisotopic (exact) mass is 373 g/mol. The van der Waals surface area contributed by atoms with Gasteiger partial charge in [0.05, 0.1) is 11.1 Å². The molecular weight excluding hydrogens is 359 g/mol. The maximum absolute atomic E-state index is 14.0. The third-order valence-electron chi connectivity index (χ3n) is 4.52. The van der Waals surface area contributed by atoms with Crippen LogP contribution < -0.4 is 0 Å². The van der Waals surface area contributed by atoms with Crippen molar-refractivity contribution in [3.63, 3.8) is 0 Å². The SMILES string of the molecule is O=C(c1ccccc1F)N1CCCC1c1nc(-c2ccc(F)cc2F)no1. The van der Waals surface area contributed by atoms with E-state index in [1.54, 1.807) is 6.07 Å². The second-order valence-electron chi connectivity index (χ2n) is 6.22. The highest BCUT2D eigenvalue weighted by Crippen LogP contribution is 2.33. The van der Waals surface area contributed by atoms with Gasteiger partial charge in [-0.1, -0.05) is 17.3 Å². The van der Waals surface area contributed by atoms with Crippen LogP contribution in [0.5, 0.6) is 0 Å². The maximum atomic E-state index is 14.0. The molecule has 0 saturated carbocycles. The summed E-state index contributed by atoms with van der Waals surface area (Å²) in [6.45, 7) is 0.417. The van der Waals surface area contributed by atoms with Crippen molar-refractivity contribution < 1.29 is 22.5 Å². The van der Waals surface area contributed by atoms with Gasteiger partial charge in [0.2, 0.25) is 11.7 Å². The van der Waals surface area contributed by atoms with E-state index in [4.69, 9.17) is 4.52 Å². The van der Waals surface area contributed by atoms with Gasteiger partial charge in [-0.15, -0.1) is 0 Å². The summed E-state index contributed by atoms with van der Waals surface area (Å²) in [5, 5.41) is 3.74. The lowest BCUT2D eigenvalue weighted by Crippen LogP contribution is -2.31. The normalized spacial score (nSPS) is 16.7. The topological polar surface area (TPSA) is 59.2 Å². The highest BCUT2D eigenvalue weighted by atomic mass is 19.1. The Morgan fingerprint density at radius 3 is 2.70 bits per heavy atom. The number of likely N-dealkylation sites (tertiary alicyclic amines) is 1. The second kappa shape index (κ2) is 6.86. The fraction of sp³-hybridized carbons (Fsp3) is 0.211. The lowest BCUT2D eigenvalue weighted by molar-refractivity contribution is 0.0705. The minimum atomic E-state index is -0.812. The lowest BCUT2D eigenvalue weighted by Gasteiger charge is -2.22. The summed E-state index contributed by atoms with van der Waals surface area (Å²) in [5.41, 5.74) is -0.0369. The van der Waals surface area contributed by atoms with Crippen molar-refractivity contribution in [1.82, 2.24) is 15.0 Å². The highest BCUT2D eigenvalue weighted by Gasteiger charge is 2.35. The zero-order valence-corrected chi connectivity index (χ0v) is 14.0. The van der Waals surface area contributed by atoms with E-state index in [1.807, 2.05) is 0 Å². The van der Waals surface area contributed by atoms with Gasteiger partial charge in [-0.05, 0) is 37.1 Å². The third-order valence-corrected chi connectivity index (χ3v) is 4.52. The van der Waals surface area contributed by atoms with Crippen molar-refractivity contribution in [2.24, 2.45) is 0 Å². The average Bonchev–Trinajstić information content (AvgIpc) is 3.31. The molecule has 8 heteroatoms. The Bertz CT molecular complexity index is 1010. The lowest BCUT2D eigenvalue weighted by atomic mass is 10.1. The predicted molar refractivity (Wildman–Crippen MR) is 89.1 cm³/mol. The summed E-state index contributed by atoms with van der Waals surface area (Å²) in [7, 11) is 0. The van der Waals surface area contributed by atoms with Gasteiger partial charge in [0.25, 0.3) is 5.91 Å². The van der Waals surface area contributed by atoms with Gasteiger partial charge in [0.1, 0.15) is 23.5 Å². The largest absolute Gasteiger partial charge is 0.337 e. The smallest absolute Gasteiger partial charge is 0.257 e. The van der Waals surface area contributed by atoms with Gasteiger partial charge in [0, 0.05) is 12.6 Å². The van der Waals surface area contributed by atoms with Crippen molar-refractivity contribution >= 4 is 5.91 Å². The van der Waals surface area contributed by atoms with E-state index in [0.717, 1.165) is 12.1 Å². The first-order valence-electron chi connectivity index (χ1n) is 8.39. The van der Waals surface area contributed by atoms with Crippen LogP contribution in [0.1, 0.15) is 35.1 Å². The van der Waals surface area contributed by atoms with Crippen LogP contribution in [0.2, 0.25) is 0 Å². The molecule has 0 aliphatic carbocycles. The molecule has 2 aromatic carbocycles. The molecule has 1 aliphatic rings. The molecule has 138 valence electrons. The number of hydrogen-bond donors (Lipinski definition) is 0. The number of hydrogen-bond acceptors (Lipinski definition) is 4. The van der Waals surface area contributed by atoms with E-state index in [2.05, 4.69) is 10.1 Å². The summed E-state index contributed by atoms with van der Waals surface area (Å²) in [5.74, 6) is -2.50. The molecule has 2 heterocycles. The van der Waals surface area contributed by atoms with Crippen molar-refractivity contribution in [2.45, 2.75) is 18.9 Å². The number of rotatable bonds is 3. The van der Waals surface area contributed by atoms with Crippen LogP contribution in [0.4, 0.5) is 13.2 Å². The highest BCUT2D eigenvalue weighted by molar-refractivity contribution is 5.94. The fourth-order valence-corrected chi connectivity index (χ4v) is 3.21. The molecule has 1 atom stereocenters. The number of halogens is 3. The van der Waals surface area contributed by atoms with Crippen LogP contribution in [0.15, 0.2) is 47.0 Å². The van der Waals surface area contributed by atoms with Crippen molar-refractivity contribution in [2.75, 3.05) is 6.54 Å². The Kier molecular flexibility index (Phi) is 4.39. The first-order valence-corrected chi connectivity index (χ1v) is 8.39. The predicted octanol–water partition coefficient (Wildman–Crippen LogP) is 4.13. The van der Waals surface area contributed by atoms with Gasteiger partial charge in [-0.3, -0.25) is 4.79 Å². The van der Waals surface area contributed by atoms with E-state index < -0.39 is 29.4 Å². The number of amides is 1. The number of aromatic nitrogens is 2. The first-order chi connectivity index (χ1) is 13.0. The third kappa shape index (κ3) is 3.18. The Balaban J connectivity index is 1.62. The van der Waals surface area contributed by atoms with Crippen molar-refractivity contribution in [1.29, 1.82) is 0 Å². The molecule has 1 amide bonds. The van der Waals surface area contributed by atoms with Gasteiger partial charge in [0.15, 0.2) is 0 Å². The number of benzene rings is 2. The van der Waals surface area contributed by atoms with E-state index in [1.165, 1.54) is 29.2 Å².